The molecule has 0 saturated carbocycles. The van der Waals surface area contributed by atoms with E-state index in [1.807, 2.05) is 0 Å². The molecule has 0 aliphatic heterocycles. The van der Waals surface area contributed by atoms with Gasteiger partial charge in [-0.15, -0.1) is 0 Å². The summed E-state index contributed by atoms with van der Waals surface area (Å²) in [6, 6.07) is 0. The predicted octanol–water partition coefficient (Wildman–Crippen LogP) is -0.691. The van der Waals surface area contributed by atoms with Crippen LogP contribution in [0.5, 0.6) is 0 Å². The molecule has 0 unspecified atom stereocenters. The fourth-order valence-corrected chi connectivity index (χ4v) is 0.604. The Balaban J connectivity index is 4.59. The summed E-state index contributed by atoms with van der Waals surface area (Å²) in [5.41, 5.74) is 5.01. The van der Waals surface area contributed by atoms with E-state index in [9.17, 15) is 8.42 Å². The lowest BCUT2D eigenvalue weighted by molar-refractivity contribution is 0.244. The Morgan fingerprint density at radius 1 is 1.67 bits per heavy atom. The molecule has 4 N–H and O–H groups in total. The zero-order chi connectivity index (χ0) is 9.61. The summed E-state index contributed by atoms with van der Waals surface area (Å²) in [5, 5.41) is 7.51. The molecule has 0 aromatic heterocycles. The van der Waals surface area contributed by atoms with Gasteiger partial charge in [-0.3, -0.25) is 4.99 Å². The van der Waals surface area contributed by atoms with Crippen LogP contribution in [0.15, 0.2) is 28.9 Å². The summed E-state index contributed by atoms with van der Waals surface area (Å²) >= 11 is 0. The van der Waals surface area contributed by atoms with Crippen LogP contribution in [-0.4, -0.2) is 19.8 Å². The highest BCUT2D eigenvalue weighted by molar-refractivity contribution is 7.93. The number of nitrogens with zero attached hydrogens (tertiary/aromatic N) is 1. The van der Waals surface area contributed by atoms with E-state index < -0.39 is 15.1 Å². The summed E-state index contributed by atoms with van der Waals surface area (Å²) in [7, 11) is -3.98. The van der Waals surface area contributed by atoms with Crippen LogP contribution >= 0.6 is 0 Å². The van der Waals surface area contributed by atoms with Gasteiger partial charge < -0.3 is 10.9 Å². The lowest BCUT2D eigenvalue weighted by atomic mass is 10.7. The van der Waals surface area contributed by atoms with Crippen molar-refractivity contribution in [3.8, 4) is 0 Å². The van der Waals surface area contributed by atoms with Gasteiger partial charge in [0.2, 0.25) is 0 Å². The Bertz CT molecular complexity index is 304. The lowest BCUT2D eigenvalue weighted by Crippen LogP contribution is -2.25. The fraction of sp³-hybridized carbons (Fsp3) is 0. The molecule has 6 nitrogen and oxygen atoms in total. The van der Waals surface area contributed by atoms with Crippen molar-refractivity contribution in [3.05, 3.63) is 23.9 Å². The Labute approximate surface area is 70.1 Å². The van der Waals surface area contributed by atoms with Crippen LogP contribution in [0.2, 0.25) is 0 Å². The number of hydrogen-bond donors (Lipinski definition) is 3. The van der Waals surface area contributed by atoms with Crippen LogP contribution < -0.4 is 10.6 Å². The average molecular weight is 191 g/mol. The standard InChI is InChI=1S/C5H9N3O3S/c1-2-3-7-4-5(6)12(10,11)8-9/h2-4,8-9H,1,6H2/b5-4+,7-3-. The summed E-state index contributed by atoms with van der Waals surface area (Å²) in [5.74, 6) is 0. The van der Waals surface area contributed by atoms with Crippen LogP contribution in [0.1, 0.15) is 0 Å². The number of nitrogens with one attached hydrogen (secondary N) is 1. The second kappa shape index (κ2) is 4.65. The molecule has 0 spiro atoms. The molecule has 0 fully saturated rings. The minimum Gasteiger partial charge on any atom is -0.387 e. The minimum absolute atomic E-state index is 0.580. The van der Waals surface area contributed by atoms with E-state index in [0.717, 1.165) is 11.1 Å². The van der Waals surface area contributed by atoms with Crippen molar-refractivity contribution in [1.82, 2.24) is 4.89 Å². The molecule has 0 amide bonds. The summed E-state index contributed by atoms with van der Waals surface area (Å²) in [6.07, 6.45) is 3.47. The third-order valence-electron chi connectivity index (χ3n) is 0.824. The first-order valence-electron chi connectivity index (χ1n) is 2.80. The van der Waals surface area contributed by atoms with E-state index in [-0.39, 0.29) is 0 Å². The highest BCUT2D eigenvalue weighted by atomic mass is 32.2. The minimum atomic E-state index is -3.98. The smallest absolute Gasteiger partial charge is 0.278 e. The van der Waals surface area contributed by atoms with Crippen LogP contribution in [-0.2, 0) is 10.0 Å². The largest absolute Gasteiger partial charge is 0.387 e. The molecule has 0 bridgehead atoms. The second-order valence-corrected chi connectivity index (χ2v) is 3.32. The average Bonchev–Trinajstić information content (AvgIpc) is 2.05. The Hall–Kier alpha value is -1.18. The van der Waals surface area contributed by atoms with Gasteiger partial charge >= 0.3 is 0 Å². The number of hydrogen-bond acceptors (Lipinski definition) is 5. The van der Waals surface area contributed by atoms with Crippen molar-refractivity contribution >= 4 is 16.2 Å². The molecule has 0 saturated heterocycles. The number of sulfonamides is 1. The van der Waals surface area contributed by atoms with Crippen molar-refractivity contribution in [2.24, 2.45) is 10.7 Å². The quantitative estimate of drug-likeness (QED) is 0.404. The van der Waals surface area contributed by atoms with Gasteiger partial charge in [-0.25, -0.2) is 8.42 Å². The zero-order valence-electron chi connectivity index (χ0n) is 6.14. The first-order chi connectivity index (χ1) is 5.54. The normalized spacial score (nSPS) is 13.6. The SMILES string of the molecule is C=C/C=N\C=C(/N)S(=O)(=O)NO. The van der Waals surface area contributed by atoms with E-state index in [4.69, 9.17) is 10.9 Å². The third-order valence-corrected chi connectivity index (χ3v) is 1.79. The van der Waals surface area contributed by atoms with Gasteiger partial charge in [0.25, 0.3) is 10.0 Å². The lowest BCUT2D eigenvalue weighted by Gasteiger charge is -1.97. The van der Waals surface area contributed by atoms with Gasteiger partial charge in [-0.2, -0.15) is 0 Å². The van der Waals surface area contributed by atoms with Gasteiger partial charge in [-0.1, -0.05) is 17.5 Å². The van der Waals surface area contributed by atoms with Crippen molar-refractivity contribution in [1.29, 1.82) is 0 Å². The molecule has 0 radical (unpaired) electrons. The Morgan fingerprint density at radius 3 is 2.67 bits per heavy atom. The molecule has 7 heteroatoms. The number of nitrogens with two attached hydrogens (primary N) is 1. The van der Waals surface area contributed by atoms with E-state index >= 15 is 0 Å². The highest BCUT2D eigenvalue weighted by Crippen LogP contribution is 1.93. The first kappa shape index (κ1) is 10.8. The highest BCUT2D eigenvalue weighted by Gasteiger charge is 2.10. The van der Waals surface area contributed by atoms with Crippen LogP contribution in [0.3, 0.4) is 0 Å². The van der Waals surface area contributed by atoms with Crippen molar-refractivity contribution in [2.75, 3.05) is 0 Å². The fourth-order valence-electron chi connectivity index (χ4n) is 0.299. The monoisotopic (exact) mass is 191 g/mol. The molecule has 0 aromatic carbocycles. The van der Waals surface area contributed by atoms with Crippen molar-refractivity contribution < 1.29 is 13.6 Å². The zero-order valence-corrected chi connectivity index (χ0v) is 6.95. The number of aliphatic imine (C=N–C) groups is 1. The maximum atomic E-state index is 10.6. The molecule has 12 heavy (non-hydrogen) atoms. The second-order valence-electron chi connectivity index (χ2n) is 1.66. The van der Waals surface area contributed by atoms with E-state index in [2.05, 4.69) is 11.6 Å². The summed E-state index contributed by atoms with van der Waals surface area (Å²) < 4.78 is 21.3. The summed E-state index contributed by atoms with van der Waals surface area (Å²) in [4.78, 5) is 4.49. The molecule has 0 aromatic rings. The van der Waals surface area contributed by atoms with Gasteiger partial charge in [-0.05, 0) is 0 Å². The molecule has 0 rings (SSSR count). The van der Waals surface area contributed by atoms with E-state index in [1.165, 1.54) is 12.3 Å². The Kier molecular flexibility index (Phi) is 4.19. The maximum Gasteiger partial charge on any atom is 0.278 e. The number of allylic oxidation sites excluding steroid dienone is 1. The van der Waals surface area contributed by atoms with Gasteiger partial charge in [0.1, 0.15) is 0 Å². The molecule has 0 heterocycles. The molecule has 0 atom stereocenters. The van der Waals surface area contributed by atoms with Crippen LogP contribution in [0, 0.1) is 0 Å². The van der Waals surface area contributed by atoms with Gasteiger partial charge in [0.15, 0.2) is 5.03 Å². The Morgan fingerprint density at radius 2 is 2.25 bits per heavy atom. The van der Waals surface area contributed by atoms with Crippen molar-refractivity contribution in [3.63, 3.8) is 0 Å². The van der Waals surface area contributed by atoms with Crippen LogP contribution in [0.4, 0.5) is 0 Å². The molecular weight excluding hydrogens is 182 g/mol. The first-order valence-corrected chi connectivity index (χ1v) is 4.28. The molecule has 68 valence electrons. The van der Waals surface area contributed by atoms with E-state index in [1.54, 1.807) is 0 Å². The predicted molar refractivity (Wildman–Crippen MR) is 44.8 cm³/mol. The van der Waals surface area contributed by atoms with Crippen LogP contribution in [0.25, 0.3) is 0 Å². The van der Waals surface area contributed by atoms with Gasteiger partial charge in [0, 0.05) is 6.21 Å². The van der Waals surface area contributed by atoms with Gasteiger partial charge in [0.05, 0.1) is 6.20 Å². The van der Waals surface area contributed by atoms with E-state index in [0.29, 0.717) is 0 Å². The topological polar surface area (TPSA) is 105 Å². The molecule has 0 aliphatic rings. The van der Waals surface area contributed by atoms with Crippen molar-refractivity contribution in [2.45, 2.75) is 0 Å². The number of rotatable bonds is 4. The molecule has 0 aliphatic carbocycles. The molecular formula is C5H9N3O3S. The third kappa shape index (κ3) is 3.28. The maximum absolute atomic E-state index is 10.6. The summed E-state index contributed by atoms with van der Waals surface area (Å²) in [6.45, 7) is 3.31.